The molecule has 10 heteroatoms. The van der Waals surface area contributed by atoms with Crippen LogP contribution in [-0.4, -0.2) is 47.7 Å². The van der Waals surface area contributed by atoms with E-state index in [0.29, 0.717) is 31.1 Å². The number of nitrogens with zero attached hydrogens (tertiary/aromatic N) is 3. The minimum Gasteiger partial charge on any atom is -0.300 e. The lowest BCUT2D eigenvalue weighted by Crippen LogP contribution is -2.41. The highest BCUT2D eigenvalue weighted by Gasteiger charge is 2.31. The second-order valence-electron chi connectivity index (χ2n) is 6.71. The number of hydrogen-bond donors (Lipinski definition) is 1. The topological polar surface area (TPSA) is 92.3 Å². The number of hydrogen-bond acceptors (Lipinski definition) is 7. The molecule has 1 aromatic carbocycles. The number of carbonyl (C=O) groups is 1. The molecule has 0 aliphatic carbocycles. The first-order valence-electron chi connectivity index (χ1n) is 9.18. The van der Waals surface area contributed by atoms with Gasteiger partial charge in [0.05, 0.1) is 5.75 Å². The molecule has 28 heavy (non-hydrogen) atoms. The molecule has 7 nitrogen and oxygen atoms in total. The number of aryl methyl sites for hydroxylation is 1. The zero-order valence-electron chi connectivity index (χ0n) is 15.9. The first kappa shape index (κ1) is 21.2. The van der Waals surface area contributed by atoms with Gasteiger partial charge in [-0.05, 0) is 31.1 Å². The first-order valence-corrected chi connectivity index (χ1v) is 12.6. The highest BCUT2D eigenvalue weighted by Crippen LogP contribution is 2.27. The van der Waals surface area contributed by atoms with Crippen molar-refractivity contribution in [2.45, 2.75) is 36.8 Å². The molecule has 1 N–H and O–H groups in total. The van der Waals surface area contributed by atoms with Crippen LogP contribution in [0.25, 0.3) is 0 Å². The third-order valence-electron chi connectivity index (χ3n) is 4.55. The third kappa shape index (κ3) is 5.53. The van der Waals surface area contributed by atoms with Gasteiger partial charge in [-0.1, -0.05) is 59.9 Å². The van der Waals surface area contributed by atoms with Crippen molar-refractivity contribution in [2.24, 2.45) is 5.92 Å². The van der Waals surface area contributed by atoms with E-state index < -0.39 is 10.0 Å². The number of thioether (sulfide) groups is 1. The Hall–Kier alpha value is -1.49. The summed E-state index contributed by atoms with van der Waals surface area (Å²) >= 11 is 2.94. The molecule has 0 radical (unpaired) electrons. The van der Waals surface area contributed by atoms with Crippen molar-refractivity contribution in [2.75, 3.05) is 24.2 Å². The fourth-order valence-corrected chi connectivity index (χ4v) is 6.35. The van der Waals surface area contributed by atoms with Gasteiger partial charge in [-0.25, -0.2) is 12.7 Å². The molecule has 3 rings (SSSR count). The number of benzene rings is 1. The van der Waals surface area contributed by atoms with Gasteiger partial charge >= 0.3 is 0 Å². The monoisotopic (exact) mass is 440 g/mol. The van der Waals surface area contributed by atoms with Crippen molar-refractivity contribution in [1.82, 2.24) is 14.5 Å². The van der Waals surface area contributed by atoms with Crippen LogP contribution >= 0.6 is 23.1 Å². The summed E-state index contributed by atoms with van der Waals surface area (Å²) in [5, 5.41) is 11.3. The lowest BCUT2D eigenvalue weighted by atomic mass is 9.97. The van der Waals surface area contributed by atoms with E-state index in [1.165, 1.54) is 15.6 Å². The largest absolute Gasteiger partial charge is 0.300 e. The van der Waals surface area contributed by atoms with Crippen LogP contribution in [-0.2, 0) is 20.6 Å². The van der Waals surface area contributed by atoms with Gasteiger partial charge in [0, 0.05) is 19.0 Å². The maximum atomic E-state index is 12.7. The number of sulfonamides is 1. The molecule has 2 heterocycles. The van der Waals surface area contributed by atoms with Crippen molar-refractivity contribution in [3.8, 4) is 0 Å². The Balaban J connectivity index is 1.53. The zero-order valence-corrected chi connectivity index (χ0v) is 18.4. The maximum Gasteiger partial charge on any atom is 0.229 e. The summed E-state index contributed by atoms with van der Waals surface area (Å²) in [7, 11) is -3.39. The van der Waals surface area contributed by atoms with Gasteiger partial charge in [0.25, 0.3) is 0 Å². The predicted octanol–water partition coefficient (Wildman–Crippen LogP) is 3.14. The second-order valence-corrected chi connectivity index (χ2v) is 11.2. The van der Waals surface area contributed by atoms with Crippen LogP contribution in [0.5, 0.6) is 0 Å². The molecule has 1 aliphatic rings. The molecule has 152 valence electrons. The van der Waals surface area contributed by atoms with E-state index in [4.69, 9.17) is 0 Å². The van der Waals surface area contributed by atoms with E-state index in [9.17, 15) is 13.2 Å². The van der Waals surface area contributed by atoms with E-state index in [0.717, 1.165) is 21.2 Å². The lowest BCUT2D eigenvalue weighted by molar-refractivity contribution is -0.120. The number of carbonyl (C=O) groups excluding carboxylic acids is 1. The number of amides is 1. The fraction of sp³-hybridized carbons (Fsp3) is 0.500. The minimum absolute atomic E-state index is 0.00575. The van der Waals surface area contributed by atoms with Crippen LogP contribution in [0.1, 0.15) is 30.9 Å². The van der Waals surface area contributed by atoms with E-state index in [-0.39, 0.29) is 17.6 Å². The van der Waals surface area contributed by atoms with Crippen LogP contribution < -0.4 is 5.32 Å². The van der Waals surface area contributed by atoms with Crippen molar-refractivity contribution < 1.29 is 13.2 Å². The Labute approximate surface area is 174 Å². The molecule has 0 spiro atoms. The van der Waals surface area contributed by atoms with Crippen molar-refractivity contribution in [1.29, 1.82) is 0 Å². The van der Waals surface area contributed by atoms with Crippen molar-refractivity contribution >= 4 is 44.2 Å². The highest BCUT2D eigenvalue weighted by atomic mass is 32.2. The van der Waals surface area contributed by atoms with Gasteiger partial charge in [-0.2, -0.15) is 0 Å². The summed E-state index contributed by atoms with van der Waals surface area (Å²) in [4.78, 5) is 12.5. The number of aromatic nitrogens is 2. The summed E-state index contributed by atoms with van der Waals surface area (Å²) in [6, 6.07) is 7.54. The molecule has 1 fully saturated rings. The predicted molar refractivity (Wildman–Crippen MR) is 113 cm³/mol. The Bertz CT molecular complexity index is 922. The Morgan fingerprint density at radius 1 is 1.32 bits per heavy atom. The van der Waals surface area contributed by atoms with Crippen molar-refractivity contribution in [3.63, 3.8) is 0 Å². The normalized spacial score (nSPS) is 16.2. The van der Waals surface area contributed by atoms with Gasteiger partial charge in [0.15, 0.2) is 4.34 Å². The third-order valence-corrected chi connectivity index (χ3v) is 8.26. The molecule has 0 atom stereocenters. The highest BCUT2D eigenvalue weighted by molar-refractivity contribution is 8.01. The van der Waals surface area contributed by atoms with Gasteiger partial charge in [0.2, 0.25) is 21.1 Å². The molecule has 1 saturated heterocycles. The number of anilines is 1. The Kier molecular flexibility index (Phi) is 7.08. The number of piperidine rings is 1. The van der Waals surface area contributed by atoms with Crippen LogP contribution in [0.2, 0.25) is 0 Å². The lowest BCUT2D eigenvalue weighted by Gasteiger charge is -2.30. The molecule has 2 aromatic rings. The van der Waals surface area contributed by atoms with E-state index >= 15 is 0 Å². The SMILES string of the molecule is CCSc1nnc(NC(=O)C2CCN(S(=O)(=O)Cc3cccc(C)c3)CC2)s1. The Morgan fingerprint density at radius 2 is 2.07 bits per heavy atom. The van der Waals surface area contributed by atoms with Gasteiger partial charge in [-0.15, -0.1) is 10.2 Å². The van der Waals surface area contributed by atoms with Crippen LogP contribution in [0.4, 0.5) is 5.13 Å². The summed E-state index contributed by atoms with van der Waals surface area (Å²) in [5.41, 5.74) is 1.83. The molecule has 0 saturated carbocycles. The van der Waals surface area contributed by atoms with Crippen LogP contribution in [0.15, 0.2) is 28.6 Å². The van der Waals surface area contributed by atoms with E-state index in [2.05, 4.69) is 15.5 Å². The van der Waals surface area contributed by atoms with Crippen LogP contribution in [0.3, 0.4) is 0 Å². The van der Waals surface area contributed by atoms with E-state index in [1.807, 2.05) is 38.1 Å². The number of rotatable bonds is 7. The fourth-order valence-electron chi connectivity index (χ4n) is 3.15. The Morgan fingerprint density at radius 3 is 2.75 bits per heavy atom. The second kappa shape index (κ2) is 9.34. The first-order chi connectivity index (χ1) is 13.4. The standard InChI is InChI=1S/C18H24N4O3S3/c1-3-26-18-21-20-17(27-18)19-16(23)15-7-9-22(10-8-15)28(24,25)12-14-6-4-5-13(2)11-14/h4-6,11,15H,3,7-10,12H2,1-2H3,(H,19,20,23). The molecule has 1 aromatic heterocycles. The molecule has 0 unspecified atom stereocenters. The summed E-state index contributed by atoms with van der Waals surface area (Å²) in [5.74, 6) is 0.572. The molecular weight excluding hydrogens is 416 g/mol. The quantitative estimate of drug-likeness (QED) is 0.525. The van der Waals surface area contributed by atoms with Crippen LogP contribution in [0, 0.1) is 12.8 Å². The smallest absolute Gasteiger partial charge is 0.229 e. The average Bonchev–Trinajstić information content (AvgIpc) is 3.09. The van der Waals surface area contributed by atoms with Gasteiger partial charge < -0.3 is 5.32 Å². The van der Waals surface area contributed by atoms with Gasteiger partial charge in [0.1, 0.15) is 0 Å². The summed E-state index contributed by atoms with van der Waals surface area (Å²) < 4.78 is 27.7. The zero-order chi connectivity index (χ0) is 20.1. The molecule has 1 aliphatic heterocycles. The molecule has 0 bridgehead atoms. The number of nitrogens with one attached hydrogen (secondary N) is 1. The van der Waals surface area contributed by atoms with Gasteiger partial charge in [-0.3, -0.25) is 4.79 Å². The minimum atomic E-state index is -3.39. The summed E-state index contributed by atoms with van der Waals surface area (Å²) in [6.07, 6.45) is 1.02. The van der Waals surface area contributed by atoms with Crippen molar-refractivity contribution in [3.05, 3.63) is 35.4 Å². The summed E-state index contributed by atoms with van der Waals surface area (Å²) in [6.45, 7) is 4.70. The maximum absolute atomic E-state index is 12.7. The average molecular weight is 441 g/mol. The molecule has 1 amide bonds. The van der Waals surface area contributed by atoms with E-state index in [1.54, 1.807) is 11.8 Å². The molecular formula is C18H24N4O3S3.